The second-order valence-corrected chi connectivity index (χ2v) is 6.95. The van der Waals surface area contributed by atoms with Gasteiger partial charge in [0, 0.05) is 10.9 Å². The Balaban J connectivity index is 2.55. The lowest BCUT2D eigenvalue weighted by Crippen LogP contribution is -2.13. The van der Waals surface area contributed by atoms with Gasteiger partial charge in [-0.2, -0.15) is 0 Å². The fourth-order valence-corrected chi connectivity index (χ4v) is 2.74. The van der Waals surface area contributed by atoms with Crippen LogP contribution in [0.15, 0.2) is 16.5 Å². The lowest BCUT2D eigenvalue weighted by Gasteiger charge is -2.20. The first-order chi connectivity index (χ1) is 9.88. The van der Waals surface area contributed by atoms with Gasteiger partial charge < -0.3 is 9.73 Å². The van der Waals surface area contributed by atoms with E-state index in [0.29, 0.717) is 0 Å². The van der Waals surface area contributed by atoms with E-state index in [0.717, 1.165) is 37.3 Å². The molecule has 21 heavy (non-hydrogen) atoms. The first-order valence-electron chi connectivity index (χ1n) is 8.14. The highest BCUT2D eigenvalue weighted by Crippen LogP contribution is 2.35. The van der Waals surface area contributed by atoms with Crippen LogP contribution in [0.1, 0.15) is 63.5 Å². The summed E-state index contributed by atoms with van der Waals surface area (Å²) in [5.74, 6) is 1.08. The SMILES string of the molecule is CCCNCc1oc2c(C(C)(C)C)cc(CC)cc2c1C. The van der Waals surface area contributed by atoms with Crippen molar-refractivity contribution >= 4 is 11.0 Å². The Labute approximate surface area is 128 Å². The zero-order chi connectivity index (χ0) is 15.6. The maximum Gasteiger partial charge on any atom is 0.138 e. The van der Waals surface area contributed by atoms with E-state index in [4.69, 9.17) is 4.42 Å². The maximum atomic E-state index is 6.24. The average Bonchev–Trinajstić information content (AvgIpc) is 2.74. The molecule has 0 bridgehead atoms. The number of rotatable bonds is 5. The van der Waals surface area contributed by atoms with Crippen molar-refractivity contribution < 1.29 is 4.42 Å². The molecule has 1 aromatic carbocycles. The highest BCUT2D eigenvalue weighted by Gasteiger charge is 2.22. The molecule has 0 radical (unpaired) electrons. The van der Waals surface area contributed by atoms with E-state index >= 15 is 0 Å². The van der Waals surface area contributed by atoms with Crippen molar-refractivity contribution in [2.24, 2.45) is 0 Å². The number of benzene rings is 1. The predicted octanol–water partition coefficient (Wildman–Crippen LogP) is 5.10. The van der Waals surface area contributed by atoms with Gasteiger partial charge in [0.15, 0.2) is 0 Å². The molecule has 0 aliphatic carbocycles. The summed E-state index contributed by atoms with van der Waals surface area (Å²) in [4.78, 5) is 0. The van der Waals surface area contributed by atoms with Gasteiger partial charge in [0.05, 0.1) is 6.54 Å². The molecule has 2 aromatic rings. The average molecular weight is 287 g/mol. The van der Waals surface area contributed by atoms with E-state index < -0.39 is 0 Å². The minimum Gasteiger partial charge on any atom is -0.459 e. The quantitative estimate of drug-likeness (QED) is 0.774. The van der Waals surface area contributed by atoms with Crippen molar-refractivity contribution in [3.05, 3.63) is 34.6 Å². The van der Waals surface area contributed by atoms with Gasteiger partial charge in [-0.15, -0.1) is 0 Å². The molecule has 1 N–H and O–H groups in total. The summed E-state index contributed by atoms with van der Waals surface area (Å²) in [6.45, 7) is 15.2. The van der Waals surface area contributed by atoms with E-state index in [1.54, 1.807) is 0 Å². The van der Waals surface area contributed by atoms with Crippen LogP contribution < -0.4 is 5.32 Å². The van der Waals surface area contributed by atoms with Crippen LogP contribution in [-0.4, -0.2) is 6.54 Å². The Hall–Kier alpha value is -1.28. The largest absolute Gasteiger partial charge is 0.459 e. The van der Waals surface area contributed by atoms with Crippen LogP contribution in [0.4, 0.5) is 0 Å². The zero-order valence-electron chi connectivity index (χ0n) is 14.4. The van der Waals surface area contributed by atoms with Crippen molar-refractivity contribution in [3.8, 4) is 0 Å². The standard InChI is InChI=1S/C19H29NO/c1-7-9-20-12-17-13(3)15-10-14(8-2)11-16(18(15)21-17)19(4,5)6/h10-11,20H,7-9,12H2,1-6H3. The van der Waals surface area contributed by atoms with Crippen LogP contribution in [-0.2, 0) is 18.4 Å². The summed E-state index contributed by atoms with van der Waals surface area (Å²) >= 11 is 0. The van der Waals surface area contributed by atoms with Gasteiger partial charge >= 0.3 is 0 Å². The Morgan fingerprint density at radius 1 is 1.14 bits per heavy atom. The van der Waals surface area contributed by atoms with Crippen molar-refractivity contribution in [1.82, 2.24) is 5.32 Å². The molecule has 2 rings (SSSR count). The Bertz CT molecular complexity index is 617. The fraction of sp³-hybridized carbons (Fsp3) is 0.579. The van der Waals surface area contributed by atoms with Crippen LogP contribution in [0.5, 0.6) is 0 Å². The van der Waals surface area contributed by atoms with E-state index in [-0.39, 0.29) is 5.41 Å². The van der Waals surface area contributed by atoms with Gasteiger partial charge in [-0.1, -0.05) is 40.7 Å². The minimum absolute atomic E-state index is 0.0990. The fourth-order valence-electron chi connectivity index (χ4n) is 2.74. The summed E-state index contributed by atoms with van der Waals surface area (Å²) in [6, 6.07) is 4.61. The summed E-state index contributed by atoms with van der Waals surface area (Å²) in [7, 11) is 0. The minimum atomic E-state index is 0.0990. The van der Waals surface area contributed by atoms with Gasteiger partial charge in [0.1, 0.15) is 11.3 Å². The van der Waals surface area contributed by atoms with Crippen molar-refractivity contribution in [1.29, 1.82) is 0 Å². The molecule has 0 saturated carbocycles. The molecule has 0 aliphatic heterocycles. The number of hydrogen-bond donors (Lipinski definition) is 1. The van der Waals surface area contributed by atoms with Crippen LogP contribution in [0.25, 0.3) is 11.0 Å². The maximum absolute atomic E-state index is 6.24. The molecule has 1 heterocycles. The highest BCUT2D eigenvalue weighted by molar-refractivity contribution is 5.86. The predicted molar refractivity (Wildman–Crippen MR) is 91.0 cm³/mol. The number of fused-ring (bicyclic) bond motifs is 1. The first-order valence-corrected chi connectivity index (χ1v) is 8.14. The smallest absolute Gasteiger partial charge is 0.138 e. The van der Waals surface area contributed by atoms with Crippen LogP contribution in [0.2, 0.25) is 0 Å². The summed E-state index contributed by atoms with van der Waals surface area (Å²) in [5, 5.41) is 4.73. The number of furan rings is 1. The normalized spacial score (nSPS) is 12.3. The van der Waals surface area contributed by atoms with Gasteiger partial charge in [0.2, 0.25) is 0 Å². The van der Waals surface area contributed by atoms with Crippen molar-refractivity contribution in [2.75, 3.05) is 6.54 Å². The lowest BCUT2D eigenvalue weighted by molar-refractivity contribution is 0.497. The summed E-state index contributed by atoms with van der Waals surface area (Å²) in [5.41, 5.74) is 5.17. The third-order valence-electron chi connectivity index (χ3n) is 4.12. The summed E-state index contributed by atoms with van der Waals surface area (Å²) in [6.07, 6.45) is 2.21. The van der Waals surface area contributed by atoms with E-state index in [1.807, 2.05) is 0 Å². The molecule has 1 aromatic heterocycles. The second-order valence-electron chi connectivity index (χ2n) is 6.95. The molecule has 0 unspecified atom stereocenters. The van der Waals surface area contributed by atoms with Crippen LogP contribution in [0, 0.1) is 6.92 Å². The topological polar surface area (TPSA) is 25.2 Å². The number of nitrogens with one attached hydrogen (secondary N) is 1. The third kappa shape index (κ3) is 3.32. The van der Waals surface area contributed by atoms with Crippen LogP contribution in [0.3, 0.4) is 0 Å². The highest BCUT2D eigenvalue weighted by atomic mass is 16.3. The molecule has 0 aliphatic rings. The molecule has 0 atom stereocenters. The van der Waals surface area contributed by atoms with E-state index in [2.05, 4.69) is 59.0 Å². The first kappa shape index (κ1) is 16.1. The third-order valence-corrected chi connectivity index (χ3v) is 4.12. The zero-order valence-corrected chi connectivity index (χ0v) is 14.4. The molecule has 0 fully saturated rings. The van der Waals surface area contributed by atoms with Gasteiger partial charge in [0.25, 0.3) is 0 Å². The molecule has 0 amide bonds. The number of hydrogen-bond acceptors (Lipinski definition) is 2. The second kappa shape index (κ2) is 6.23. The van der Waals surface area contributed by atoms with Gasteiger partial charge in [-0.25, -0.2) is 0 Å². The molecule has 116 valence electrons. The molecule has 2 heteroatoms. The molecule has 0 spiro atoms. The number of aryl methyl sites for hydroxylation is 2. The molecular formula is C19H29NO. The molecular weight excluding hydrogens is 258 g/mol. The molecule has 2 nitrogen and oxygen atoms in total. The van der Waals surface area contributed by atoms with E-state index in [9.17, 15) is 0 Å². The van der Waals surface area contributed by atoms with E-state index in [1.165, 1.54) is 22.1 Å². The Morgan fingerprint density at radius 2 is 1.86 bits per heavy atom. The van der Waals surface area contributed by atoms with Crippen molar-refractivity contribution in [3.63, 3.8) is 0 Å². The van der Waals surface area contributed by atoms with Gasteiger partial charge in [-0.3, -0.25) is 0 Å². The van der Waals surface area contributed by atoms with Gasteiger partial charge in [-0.05, 0) is 48.9 Å². The molecule has 0 saturated heterocycles. The Kier molecular flexibility index (Phi) is 4.77. The lowest BCUT2D eigenvalue weighted by atomic mass is 9.84. The summed E-state index contributed by atoms with van der Waals surface area (Å²) < 4.78 is 6.24. The van der Waals surface area contributed by atoms with Crippen LogP contribution >= 0.6 is 0 Å². The Morgan fingerprint density at radius 3 is 2.43 bits per heavy atom. The monoisotopic (exact) mass is 287 g/mol. The van der Waals surface area contributed by atoms with Crippen molar-refractivity contribution in [2.45, 2.75) is 66.3 Å².